The second-order valence-corrected chi connectivity index (χ2v) is 7.93. The molecule has 2 rings (SSSR count). The Kier molecular flexibility index (Phi) is 5.80. The van der Waals surface area contributed by atoms with Crippen LogP contribution < -0.4 is 10.0 Å². The maximum Gasteiger partial charge on any atom is 0.279 e. The van der Waals surface area contributed by atoms with Gasteiger partial charge in [-0.25, -0.2) is 4.72 Å². The molecule has 2 N–H and O–H groups in total. The van der Waals surface area contributed by atoms with Gasteiger partial charge in [-0.15, -0.1) is 0 Å². The van der Waals surface area contributed by atoms with Gasteiger partial charge >= 0.3 is 0 Å². The summed E-state index contributed by atoms with van der Waals surface area (Å²) in [6.45, 7) is 4.91. The SMILES string of the molecule is CNCC1CCN(S(=O)(=O)NCC2CCN(C)C2)CC1. The lowest BCUT2D eigenvalue weighted by molar-refractivity contribution is 0.267. The molecule has 1 unspecified atom stereocenters. The Morgan fingerprint density at radius 3 is 2.25 bits per heavy atom. The molecule has 0 radical (unpaired) electrons. The average molecular weight is 304 g/mol. The molecule has 0 amide bonds. The molecule has 0 bridgehead atoms. The van der Waals surface area contributed by atoms with E-state index in [1.807, 2.05) is 7.05 Å². The fourth-order valence-corrected chi connectivity index (χ4v) is 4.47. The third kappa shape index (κ3) is 4.39. The summed E-state index contributed by atoms with van der Waals surface area (Å²) in [6.07, 6.45) is 2.99. The molecule has 20 heavy (non-hydrogen) atoms. The van der Waals surface area contributed by atoms with E-state index in [0.29, 0.717) is 31.5 Å². The van der Waals surface area contributed by atoms with E-state index in [9.17, 15) is 8.42 Å². The van der Waals surface area contributed by atoms with E-state index in [4.69, 9.17) is 0 Å². The quantitative estimate of drug-likeness (QED) is 0.707. The molecule has 2 fully saturated rings. The van der Waals surface area contributed by atoms with E-state index in [-0.39, 0.29) is 0 Å². The van der Waals surface area contributed by atoms with Crippen LogP contribution in [0.4, 0.5) is 0 Å². The van der Waals surface area contributed by atoms with Crippen LogP contribution in [-0.2, 0) is 10.2 Å². The average Bonchev–Trinajstić information content (AvgIpc) is 2.84. The molecule has 0 aromatic carbocycles. The first-order valence-corrected chi connectivity index (χ1v) is 9.03. The number of hydrogen-bond donors (Lipinski definition) is 2. The van der Waals surface area contributed by atoms with Crippen molar-refractivity contribution in [3.8, 4) is 0 Å². The van der Waals surface area contributed by atoms with Gasteiger partial charge in [0.25, 0.3) is 10.2 Å². The van der Waals surface area contributed by atoms with Crippen molar-refractivity contribution in [2.45, 2.75) is 19.3 Å². The zero-order valence-corrected chi connectivity index (χ0v) is 13.5. The highest BCUT2D eigenvalue weighted by atomic mass is 32.2. The van der Waals surface area contributed by atoms with Crippen molar-refractivity contribution in [3.63, 3.8) is 0 Å². The number of piperidine rings is 1. The second-order valence-electron chi connectivity index (χ2n) is 6.17. The Hall–Kier alpha value is -0.210. The molecule has 2 aliphatic rings. The molecule has 0 aromatic heterocycles. The molecule has 6 nitrogen and oxygen atoms in total. The summed E-state index contributed by atoms with van der Waals surface area (Å²) in [4.78, 5) is 2.25. The Bertz CT molecular complexity index is 393. The van der Waals surface area contributed by atoms with Crippen LogP contribution in [-0.4, -0.2) is 71.0 Å². The monoisotopic (exact) mass is 304 g/mol. The molecule has 2 heterocycles. The normalized spacial score (nSPS) is 27.2. The molecule has 0 saturated carbocycles. The molecule has 0 aliphatic carbocycles. The highest BCUT2D eigenvalue weighted by molar-refractivity contribution is 7.87. The fourth-order valence-electron chi connectivity index (χ4n) is 3.15. The Morgan fingerprint density at radius 1 is 1.05 bits per heavy atom. The van der Waals surface area contributed by atoms with Crippen LogP contribution in [0.1, 0.15) is 19.3 Å². The van der Waals surface area contributed by atoms with Crippen molar-refractivity contribution >= 4 is 10.2 Å². The summed E-state index contributed by atoms with van der Waals surface area (Å²) < 4.78 is 29.0. The van der Waals surface area contributed by atoms with Gasteiger partial charge in [0.05, 0.1) is 0 Å². The van der Waals surface area contributed by atoms with Crippen molar-refractivity contribution in [2.24, 2.45) is 11.8 Å². The zero-order chi connectivity index (χ0) is 14.6. The standard InChI is InChI=1S/C13H28N4O2S/c1-14-9-12-4-7-17(8-5-12)20(18,19)15-10-13-3-6-16(2)11-13/h12-15H,3-11H2,1-2H3. The summed E-state index contributed by atoms with van der Waals surface area (Å²) in [5, 5.41) is 3.17. The maximum atomic E-state index is 12.3. The maximum absolute atomic E-state index is 12.3. The van der Waals surface area contributed by atoms with Crippen LogP contribution in [0.25, 0.3) is 0 Å². The second kappa shape index (κ2) is 7.17. The highest BCUT2D eigenvalue weighted by Gasteiger charge is 2.29. The van der Waals surface area contributed by atoms with Crippen LogP contribution in [0.3, 0.4) is 0 Å². The Balaban J connectivity index is 1.76. The molecular weight excluding hydrogens is 276 g/mol. The van der Waals surface area contributed by atoms with E-state index in [2.05, 4.69) is 22.0 Å². The van der Waals surface area contributed by atoms with Gasteiger partial charge in [-0.2, -0.15) is 12.7 Å². The summed E-state index contributed by atoms with van der Waals surface area (Å²) in [5.41, 5.74) is 0. The van der Waals surface area contributed by atoms with Gasteiger partial charge in [-0.05, 0) is 58.3 Å². The minimum atomic E-state index is -3.28. The van der Waals surface area contributed by atoms with Crippen LogP contribution in [0.15, 0.2) is 0 Å². The summed E-state index contributed by atoms with van der Waals surface area (Å²) in [7, 11) is 0.750. The number of rotatable bonds is 6. The summed E-state index contributed by atoms with van der Waals surface area (Å²) in [6, 6.07) is 0. The van der Waals surface area contributed by atoms with Crippen LogP contribution in [0.5, 0.6) is 0 Å². The third-order valence-corrected chi connectivity index (χ3v) is 6.03. The third-order valence-electron chi connectivity index (χ3n) is 4.45. The minimum absolute atomic E-state index is 0.455. The Morgan fingerprint density at radius 2 is 1.70 bits per heavy atom. The van der Waals surface area contributed by atoms with E-state index < -0.39 is 10.2 Å². The first-order chi connectivity index (χ1) is 9.51. The molecule has 2 saturated heterocycles. The fraction of sp³-hybridized carbons (Fsp3) is 1.00. The predicted molar refractivity (Wildman–Crippen MR) is 80.8 cm³/mol. The van der Waals surface area contributed by atoms with Crippen molar-refractivity contribution in [2.75, 3.05) is 53.4 Å². The Labute approximate surface area is 123 Å². The molecule has 0 aromatic rings. The van der Waals surface area contributed by atoms with Gasteiger partial charge in [-0.3, -0.25) is 0 Å². The van der Waals surface area contributed by atoms with Gasteiger partial charge < -0.3 is 10.2 Å². The molecular formula is C13H28N4O2S. The lowest BCUT2D eigenvalue weighted by Crippen LogP contribution is -2.47. The van der Waals surface area contributed by atoms with E-state index in [1.165, 1.54) is 0 Å². The molecule has 1 atom stereocenters. The number of nitrogens with one attached hydrogen (secondary N) is 2. The lowest BCUT2D eigenvalue weighted by atomic mass is 9.98. The summed E-state index contributed by atoms with van der Waals surface area (Å²) >= 11 is 0. The minimum Gasteiger partial charge on any atom is -0.319 e. The van der Waals surface area contributed by atoms with Crippen LogP contribution in [0, 0.1) is 11.8 Å². The molecule has 7 heteroatoms. The van der Waals surface area contributed by atoms with Gasteiger partial charge in [0.2, 0.25) is 0 Å². The first kappa shape index (κ1) is 16.2. The van der Waals surface area contributed by atoms with Crippen molar-refractivity contribution in [1.82, 2.24) is 19.2 Å². The molecule has 118 valence electrons. The number of nitrogens with zero attached hydrogens (tertiary/aromatic N) is 2. The van der Waals surface area contributed by atoms with Crippen molar-refractivity contribution in [3.05, 3.63) is 0 Å². The summed E-state index contributed by atoms with van der Waals surface area (Å²) in [5.74, 6) is 1.06. The lowest BCUT2D eigenvalue weighted by Gasteiger charge is -2.31. The zero-order valence-electron chi connectivity index (χ0n) is 12.6. The van der Waals surface area contributed by atoms with Gasteiger partial charge in [0.1, 0.15) is 0 Å². The van der Waals surface area contributed by atoms with Crippen LogP contribution in [0.2, 0.25) is 0 Å². The molecule has 2 aliphatic heterocycles. The van der Waals surface area contributed by atoms with Gasteiger partial charge in [0, 0.05) is 26.2 Å². The first-order valence-electron chi connectivity index (χ1n) is 7.59. The van der Waals surface area contributed by atoms with Gasteiger partial charge in [-0.1, -0.05) is 0 Å². The van der Waals surface area contributed by atoms with Crippen LogP contribution >= 0.6 is 0 Å². The molecule has 0 spiro atoms. The number of likely N-dealkylation sites (tertiary alicyclic amines) is 1. The van der Waals surface area contributed by atoms with E-state index in [1.54, 1.807) is 4.31 Å². The van der Waals surface area contributed by atoms with E-state index >= 15 is 0 Å². The predicted octanol–water partition coefficient (Wildman–Crippen LogP) is -0.296. The largest absolute Gasteiger partial charge is 0.319 e. The topological polar surface area (TPSA) is 64.7 Å². The van der Waals surface area contributed by atoms with E-state index in [0.717, 1.165) is 38.9 Å². The van der Waals surface area contributed by atoms with Crippen molar-refractivity contribution < 1.29 is 8.42 Å². The van der Waals surface area contributed by atoms with Gasteiger partial charge in [0.15, 0.2) is 0 Å². The number of hydrogen-bond acceptors (Lipinski definition) is 4. The smallest absolute Gasteiger partial charge is 0.279 e. The highest BCUT2D eigenvalue weighted by Crippen LogP contribution is 2.19. The van der Waals surface area contributed by atoms with Crippen molar-refractivity contribution in [1.29, 1.82) is 0 Å².